The quantitative estimate of drug-likeness (QED) is 0.875. The van der Waals surface area contributed by atoms with Gasteiger partial charge in [-0.1, -0.05) is 12.8 Å². The molecule has 0 amide bonds. The maximum absolute atomic E-state index is 13.4. The molecule has 1 aliphatic rings. The standard InChI is InChI=1S/C15H26FN5/c1-15(2,11-21-8-6-4-5-7-9-21)20-14-18-10-12(16)13(17-3)19-14/h10H,4-9,11H2,1-3H3,(H2,17,18,19,20). The summed E-state index contributed by atoms with van der Waals surface area (Å²) in [7, 11) is 1.65. The number of halogens is 1. The van der Waals surface area contributed by atoms with Crippen molar-refractivity contribution >= 4 is 11.8 Å². The molecule has 1 aromatic rings. The summed E-state index contributed by atoms with van der Waals surface area (Å²) in [6.45, 7) is 7.49. The molecule has 0 radical (unpaired) electrons. The summed E-state index contributed by atoms with van der Waals surface area (Å²) in [6, 6.07) is 0. The third-order valence-electron chi connectivity index (χ3n) is 3.75. The number of nitrogens with one attached hydrogen (secondary N) is 2. The highest BCUT2D eigenvalue weighted by Crippen LogP contribution is 2.18. The molecular formula is C15H26FN5. The fourth-order valence-corrected chi connectivity index (χ4v) is 2.80. The topological polar surface area (TPSA) is 53.1 Å². The Morgan fingerprint density at radius 2 is 1.90 bits per heavy atom. The van der Waals surface area contributed by atoms with Gasteiger partial charge in [-0.05, 0) is 39.8 Å². The van der Waals surface area contributed by atoms with Crippen LogP contribution in [0.4, 0.5) is 16.2 Å². The van der Waals surface area contributed by atoms with Crippen LogP contribution in [0.1, 0.15) is 39.5 Å². The van der Waals surface area contributed by atoms with Crippen LogP contribution in [0.3, 0.4) is 0 Å². The van der Waals surface area contributed by atoms with Crippen LogP contribution in [0.25, 0.3) is 0 Å². The van der Waals surface area contributed by atoms with Crippen LogP contribution in [0, 0.1) is 5.82 Å². The molecule has 21 heavy (non-hydrogen) atoms. The van der Waals surface area contributed by atoms with Crippen molar-refractivity contribution in [3.63, 3.8) is 0 Å². The average Bonchev–Trinajstić information content (AvgIpc) is 2.68. The van der Waals surface area contributed by atoms with Gasteiger partial charge in [0, 0.05) is 19.1 Å². The van der Waals surface area contributed by atoms with Gasteiger partial charge in [-0.2, -0.15) is 4.98 Å². The summed E-state index contributed by atoms with van der Waals surface area (Å²) in [4.78, 5) is 10.7. The molecule has 0 atom stereocenters. The zero-order valence-corrected chi connectivity index (χ0v) is 13.2. The van der Waals surface area contributed by atoms with Gasteiger partial charge in [0.05, 0.1) is 6.20 Å². The van der Waals surface area contributed by atoms with Crippen LogP contribution in [-0.4, -0.2) is 47.1 Å². The third kappa shape index (κ3) is 4.81. The van der Waals surface area contributed by atoms with E-state index >= 15 is 0 Å². The lowest BCUT2D eigenvalue weighted by Crippen LogP contribution is -2.45. The molecular weight excluding hydrogens is 269 g/mol. The van der Waals surface area contributed by atoms with Crippen LogP contribution >= 0.6 is 0 Å². The molecule has 5 nitrogen and oxygen atoms in total. The Kier molecular flexibility index (Phi) is 5.33. The van der Waals surface area contributed by atoms with Gasteiger partial charge in [0.15, 0.2) is 11.6 Å². The predicted octanol–water partition coefficient (Wildman–Crippen LogP) is 2.72. The summed E-state index contributed by atoms with van der Waals surface area (Å²) < 4.78 is 13.4. The summed E-state index contributed by atoms with van der Waals surface area (Å²) >= 11 is 0. The van der Waals surface area contributed by atoms with Crippen LogP contribution in [0.15, 0.2) is 6.20 Å². The first-order valence-corrected chi connectivity index (χ1v) is 7.71. The molecule has 0 unspecified atom stereocenters. The summed E-state index contributed by atoms with van der Waals surface area (Å²) in [6.07, 6.45) is 6.40. The van der Waals surface area contributed by atoms with Crippen molar-refractivity contribution in [2.45, 2.75) is 45.1 Å². The smallest absolute Gasteiger partial charge is 0.225 e. The lowest BCUT2D eigenvalue weighted by molar-refractivity contribution is 0.243. The highest BCUT2D eigenvalue weighted by molar-refractivity contribution is 5.41. The molecule has 0 bridgehead atoms. The predicted molar refractivity (Wildman–Crippen MR) is 84.1 cm³/mol. The maximum atomic E-state index is 13.4. The second kappa shape index (κ2) is 7.02. The van der Waals surface area contributed by atoms with Crippen LogP contribution < -0.4 is 10.6 Å². The number of hydrogen-bond donors (Lipinski definition) is 2. The van der Waals surface area contributed by atoms with Crippen molar-refractivity contribution in [2.24, 2.45) is 0 Å². The SMILES string of the molecule is CNc1nc(NC(C)(C)CN2CCCCCC2)ncc1F. The van der Waals surface area contributed by atoms with E-state index in [1.165, 1.54) is 31.9 Å². The second-order valence-electron chi connectivity index (χ2n) is 6.34. The normalized spacial score (nSPS) is 17.3. The highest BCUT2D eigenvalue weighted by atomic mass is 19.1. The fraction of sp³-hybridized carbons (Fsp3) is 0.733. The van der Waals surface area contributed by atoms with Crippen molar-refractivity contribution in [3.8, 4) is 0 Å². The number of anilines is 2. The van der Waals surface area contributed by atoms with E-state index in [0.717, 1.165) is 19.6 Å². The first-order chi connectivity index (χ1) is 10.00. The Bertz CT molecular complexity index is 455. The number of hydrogen-bond acceptors (Lipinski definition) is 5. The largest absolute Gasteiger partial charge is 0.371 e. The zero-order valence-electron chi connectivity index (χ0n) is 13.2. The fourth-order valence-electron chi connectivity index (χ4n) is 2.80. The van der Waals surface area contributed by atoms with Gasteiger partial charge in [0.2, 0.25) is 5.95 Å². The lowest BCUT2D eigenvalue weighted by Gasteiger charge is -2.33. The minimum Gasteiger partial charge on any atom is -0.371 e. The summed E-state index contributed by atoms with van der Waals surface area (Å²) in [5.74, 6) is 0.243. The van der Waals surface area contributed by atoms with E-state index < -0.39 is 5.82 Å². The first kappa shape index (κ1) is 15.9. The lowest BCUT2D eigenvalue weighted by atomic mass is 10.1. The molecule has 1 fully saturated rings. The minimum atomic E-state index is -0.437. The molecule has 0 spiro atoms. The van der Waals surface area contributed by atoms with Crippen molar-refractivity contribution in [3.05, 3.63) is 12.0 Å². The number of aromatic nitrogens is 2. The number of nitrogens with zero attached hydrogens (tertiary/aromatic N) is 3. The van der Waals surface area contributed by atoms with E-state index in [0.29, 0.717) is 5.95 Å². The van der Waals surface area contributed by atoms with E-state index in [4.69, 9.17) is 0 Å². The Morgan fingerprint density at radius 1 is 1.24 bits per heavy atom. The Balaban J connectivity index is 1.99. The molecule has 2 heterocycles. The van der Waals surface area contributed by atoms with Crippen LogP contribution in [0.5, 0.6) is 0 Å². The van der Waals surface area contributed by atoms with Gasteiger partial charge in [-0.3, -0.25) is 0 Å². The molecule has 0 aromatic carbocycles. The average molecular weight is 295 g/mol. The van der Waals surface area contributed by atoms with Gasteiger partial charge >= 0.3 is 0 Å². The van der Waals surface area contributed by atoms with Crippen molar-refractivity contribution in [1.82, 2.24) is 14.9 Å². The van der Waals surface area contributed by atoms with E-state index in [1.807, 2.05) is 0 Å². The molecule has 1 saturated heterocycles. The van der Waals surface area contributed by atoms with Gasteiger partial charge in [-0.25, -0.2) is 9.37 Å². The third-order valence-corrected chi connectivity index (χ3v) is 3.75. The Hall–Kier alpha value is -1.43. The van der Waals surface area contributed by atoms with E-state index in [1.54, 1.807) is 7.05 Å². The van der Waals surface area contributed by atoms with Crippen LogP contribution in [0.2, 0.25) is 0 Å². The van der Waals surface area contributed by atoms with Crippen LogP contribution in [-0.2, 0) is 0 Å². The molecule has 1 aliphatic heterocycles. The Morgan fingerprint density at radius 3 is 2.52 bits per heavy atom. The highest BCUT2D eigenvalue weighted by Gasteiger charge is 2.23. The minimum absolute atomic E-state index is 0.160. The summed E-state index contributed by atoms with van der Waals surface area (Å²) in [5, 5.41) is 6.05. The van der Waals surface area contributed by atoms with Gasteiger partial charge in [0.1, 0.15) is 0 Å². The molecule has 0 saturated carbocycles. The zero-order chi connectivity index (χ0) is 15.3. The molecule has 2 rings (SSSR count). The Labute approximate surface area is 126 Å². The van der Waals surface area contributed by atoms with Crippen molar-refractivity contribution < 1.29 is 4.39 Å². The van der Waals surface area contributed by atoms with E-state index in [-0.39, 0.29) is 11.4 Å². The van der Waals surface area contributed by atoms with Crippen molar-refractivity contribution in [2.75, 3.05) is 37.3 Å². The number of likely N-dealkylation sites (tertiary alicyclic amines) is 1. The molecule has 1 aromatic heterocycles. The van der Waals surface area contributed by atoms with E-state index in [2.05, 4.69) is 39.3 Å². The molecule has 118 valence electrons. The first-order valence-electron chi connectivity index (χ1n) is 7.71. The van der Waals surface area contributed by atoms with E-state index in [9.17, 15) is 4.39 Å². The summed E-state index contributed by atoms with van der Waals surface area (Å²) in [5.41, 5.74) is -0.160. The molecule has 0 aliphatic carbocycles. The number of rotatable bonds is 5. The molecule has 2 N–H and O–H groups in total. The van der Waals surface area contributed by atoms with Crippen molar-refractivity contribution in [1.29, 1.82) is 0 Å². The second-order valence-corrected chi connectivity index (χ2v) is 6.34. The van der Waals surface area contributed by atoms with Gasteiger partial charge < -0.3 is 15.5 Å². The monoisotopic (exact) mass is 295 g/mol. The molecule has 6 heteroatoms. The van der Waals surface area contributed by atoms with Gasteiger partial charge in [-0.15, -0.1) is 0 Å². The maximum Gasteiger partial charge on any atom is 0.225 e. The van der Waals surface area contributed by atoms with Gasteiger partial charge in [0.25, 0.3) is 0 Å².